The van der Waals surface area contributed by atoms with Gasteiger partial charge in [0.05, 0.1) is 0 Å². The molecule has 142 valence electrons. The molecule has 0 aliphatic rings. The summed E-state index contributed by atoms with van der Waals surface area (Å²) in [5, 5.41) is 3.90. The van der Waals surface area contributed by atoms with Gasteiger partial charge in [-0.1, -0.05) is 38.1 Å². The van der Waals surface area contributed by atoms with E-state index >= 15 is 0 Å². The van der Waals surface area contributed by atoms with Crippen molar-refractivity contribution in [3.05, 3.63) is 71.4 Å². The Labute approximate surface area is 157 Å². The quantitative estimate of drug-likeness (QED) is 0.621. The first-order chi connectivity index (χ1) is 12.9. The van der Waals surface area contributed by atoms with Crippen molar-refractivity contribution in [2.24, 2.45) is 5.92 Å². The van der Waals surface area contributed by atoms with E-state index in [2.05, 4.69) is 10.3 Å². The summed E-state index contributed by atoms with van der Waals surface area (Å²) >= 11 is 0. The van der Waals surface area contributed by atoms with Gasteiger partial charge in [-0.3, -0.25) is 4.79 Å². The smallest absolute Gasteiger partial charge is 0.221 e. The molecule has 0 radical (unpaired) electrons. The monoisotopic (exact) mass is 370 g/mol. The van der Waals surface area contributed by atoms with E-state index in [-0.39, 0.29) is 18.4 Å². The highest BCUT2D eigenvalue weighted by atomic mass is 19.1. The summed E-state index contributed by atoms with van der Waals surface area (Å²) in [5.74, 6) is -1.65. The molecule has 0 saturated heterocycles. The summed E-state index contributed by atoms with van der Waals surface area (Å²) in [6, 6.07) is 11.2. The van der Waals surface area contributed by atoms with E-state index in [4.69, 9.17) is 0 Å². The SMILES string of the molecule is CC(C)[C@@H](C)NC(=O)C[C@@H](c1ccc(F)cc1F)c1c[nH]c2ccccc12. The lowest BCUT2D eigenvalue weighted by molar-refractivity contribution is -0.122. The van der Waals surface area contributed by atoms with Crippen LogP contribution in [0.15, 0.2) is 48.7 Å². The second-order valence-electron chi connectivity index (χ2n) is 7.31. The fraction of sp³-hybridized carbons (Fsp3) is 0.318. The Balaban J connectivity index is 2.00. The van der Waals surface area contributed by atoms with Crippen LogP contribution < -0.4 is 5.32 Å². The zero-order valence-electron chi connectivity index (χ0n) is 15.7. The van der Waals surface area contributed by atoms with Gasteiger partial charge in [0.2, 0.25) is 5.91 Å². The zero-order valence-corrected chi connectivity index (χ0v) is 15.7. The number of aromatic amines is 1. The van der Waals surface area contributed by atoms with Crippen LogP contribution in [-0.2, 0) is 4.79 Å². The number of aromatic nitrogens is 1. The number of amides is 1. The molecule has 3 nitrogen and oxygen atoms in total. The van der Waals surface area contributed by atoms with Gasteiger partial charge < -0.3 is 10.3 Å². The Hall–Kier alpha value is -2.69. The fourth-order valence-corrected chi connectivity index (χ4v) is 3.22. The molecular formula is C22H24F2N2O. The predicted molar refractivity (Wildman–Crippen MR) is 104 cm³/mol. The summed E-state index contributed by atoms with van der Waals surface area (Å²) in [6.07, 6.45) is 1.89. The second kappa shape index (κ2) is 7.91. The lowest BCUT2D eigenvalue weighted by Crippen LogP contribution is -2.36. The number of rotatable bonds is 6. The molecule has 1 aromatic heterocycles. The Bertz CT molecular complexity index is 948. The number of fused-ring (bicyclic) bond motifs is 1. The van der Waals surface area contributed by atoms with Gasteiger partial charge in [-0.25, -0.2) is 8.78 Å². The number of para-hydroxylation sites is 1. The first-order valence-corrected chi connectivity index (χ1v) is 9.17. The van der Waals surface area contributed by atoms with Crippen molar-refractivity contribution in [2.75, 3.05) is 0 Å². The molecule has 0 spiro atoms. The Morgan fingerprint density at radius 3 is 2.52 bits per heavy atom. The second-order valence-corrected chi connectivity index (χ2v) is 7.31. The van der Waals surface area contributed by atoms with Crippen LogP contribution in [0.1, 0.15) is 44.2 Å². The lowest BCUT2D eigenvalue weighted by atomic mass is 9.87. The molecule has 1 heterocycles. The van der Waals surface area contributed by atoms with Gasteiger partial charge in [0.15, 0.2) is 0 Å². The molecule has 0 fully saturated rings. The first-order valence-electron chi connectivity index (χ1n) is 9.17. The average molecular weight is 370 g/mol. The van der Waals surface area contributed by atoms with Gasteiger partial charge >= 0.3 is 0 Å². The van der Waals surface area contributed by atoms with Crippen LogP contribution in [0, 0.1) is 17.6 Å². The van der Waals surface area contributed by atoms with Gasteiger partial charge in [-0.05, 0) is 36.1 Å². The van der Waals surface area contributed by atoms with Gasteiger partial charge in [0.1, 0.15) is 11.6 Å². The van der Waals surface area contributed by atoms with Crippen molar-refractivity contribution >= 4 is 16.8 Å². The summed E-state index contributed by atoms with van der Waals surface area (Å²) in [4.78, 5) is 15.8. The minimum atomic E-state index is -0.644. The summed E-state index contributed by atoms with van der Waals surface area (Å²) in [6.45, 7) is 6.01. The van der Waals surface area contributed by atoms with E-state index in [0.717, 1.165) is 22.5 Å². The molecule has 2 atom stereocenters. The van der Waals surface area contributed by atoms with E-state index in [0.29, 0.717) is 11.5 Å². The number of hydrogen-bond donors (Lipinski definition) is 2. The van der Waals surface area contributed by atoms with Crippen molar-refractivity contribution < 1.29 is 13.6 Å². The summed E-state index contributed by atoms with van der Waals surface area (Å²) in [7, 11) is 0. The van der Waals surface area contributed by atoms with Crippen LogP contribution in [-0.4, -0.2) is 16.9 Å². The van der Waals surface area contributed by atoms with Crippen molar-refractivity contribution in [1.82, 2.24) is 10.3 Å². The van der Waals surface area contributed by atoms with E-state index in [1.54, 1.807) is 6.20 Å². The third kappa shape index (κ3) is 4.18. The maximum Gasteiger partial charge on any atom is 0.221 e. The fourth-order valence-electron chi connectivity index (χ4n) is 3.22. The zero-order chi connectivity index (χ0) is 19.6. The van der Waals surface area contributed by atoms with Crippen molar-refractivity contribution in [2.45, 2.75) is 39.2 Å². The molecule has 0 aliphatic carbocycles. The molecule has 0 bridgehead atoms. The topological polar surface area (TPSA) is 44.9 Å². The molecule has 2 N–H and O–H groups in total. The highest BCUT2D eigenvalue weighted by Crippen LogP contribution is 2.35. The number of H-pyrrole nitrogens is 1. The molecule has 27 heavy (non-hydrogen) atoms. The third-order valence-electron chi connectivity index (χ3n) is 5.11. The van der Waals surface area contributed by atoms with Crippen molar-refractivity contribution in [1.29, 1.82) is 0 Å². The van der Waals surface area contributed by atoms with Crippen molar-refractivity contribution in [3.63, 3.8) is 0 Å². The number of nitrogens with one attached hydrogen (secondary N) is 2. The number of carbonyl (C=O) groups is 1. The van der Waals surface area contributed by atoms with Gasteiger partial charge in [0.25, 0.3) is 0 Å². The molecule has 0 saturated carbocycles. The number of benzene rings is 2. The molecule has 3 aromatic rings. The highest BCUT2D eigenvalue weighted by molar-refractivity contribution is 5.86. The van der Waals surface area contributed by atoms with Gasteiger partial charge in [0, 0.05) is 41.5 Å². The minimum Gasteiger partial charge on any atom is -0.361 e. The number of hydrogen-bond acceptors (Lipinski definition) is 1. The average Bonchev–Trinajstić information content (AvgIpc) is 3.04. The van der Waals surface area contributed by atoms with E-state index in [1.807, 2.05) is 45.0 Å². The Morgan fingerprint density at radius 1 is 1.07 bits per heavy atom. The van der Waals surface area contributed by atoms with Gasteiger partial charge in [-0.15, -0.1) is 0 Å². The molecule has 0 unspecified atom stereocenters. The molecular weight excluding hydrogens is 346 g/mol. The molecule has 3 rings (SSSR count). The minimum absolute atomic E-state index is 0.0131. The first kappa shape index (κ1) is 19.1. The number of carbonyl (C=O) groups excluding carboxylic acids is 1. The third-order valence-corrected chi connectivity index (χ3v) is 5.11. The van der Waals surface area contributed by atoms with Crippen LogP contribution in [0.3, 0.4) is 0 Å². The Morgan fingerprint density at radius 2 is 1.81 bits per heavy atom. The molecule has 2 aromatic carbocycles. The van der Waals surface area contributed by atoms with E-state index < -0.39 is 17.6 Å². The standard InChI is InChI=1S/C22H24F2N2O/c1-13(2)14(3)26-22(27)11-18(16-9-8-15(23)10-20(16)24)19-12-25-21-7-5-4-6-17(19)21/h4-10,12-14,18,25H,11H2,1-3H3,(H,26,27)/t14-,18+/m1/s1. The van der Waals surface area contributed by atoms with Crippen LogP contribution in [0.25, 0.3) is 10.9 Å². The van der Waals surface area contributed by atoms with Crippen LogP contribution in [0.4, 0.5) is 8.78 Å². The van der Waals surface area contributed by atoms with Crippen LogP contribution in [0.5, 0.6) is 0 Å². The largest absolute Gasteiger partial charge is 0.361 e. The van der Waals surface area contributed by atoms with Crippen molar-refractivity contribution in [3.8, 4) is 0 Å². The maximum atomic E-state index is 14.6. The highest BCUT2D eigenvalue weighted by Gasteiger charge is 2.25. The maximum absolute atomic E-state index is 14.6. The number of halogens is 2. The van der Waals surface area contributed by atoms with Crippen LogP contribution in [0.2, 0.25) is 0 Å². The predicted octanol–water partition coefficient (Wildman–Crippen LogP) is 5.13. The Kier molecular flexibility index (Phi) is 5.59. The molecule has 5 heteroatoms. The molecule has 0 aliphatic heterocycles. The normalized spacial score (nSPS) is 13.7. The van der Waals surface area contributed by atoms with E-state index in [1.165, 1.54) is 12.1 Å². The molecule has 1 amide bonds. The van der Waals surface area contributed by atoms with Gasteiger partial charge in [-0.2, -0.15) is 0 Å². The van der Waals surface area contributed by atoms with E-state index in [9.17, 15) is 13.6 Å². The summed E-state index contributed by atoms with van der Waals surface area (Å²) < 4.78 is 28.0. The lowest BCUT2D eigenvalue weighted by Gasteiger charge is -2.21. The van der Waals surface area contributed by atoms with Crippen LogP contribution >= 0.6 is 0 Å². The summed E-state index contributed by atoms with van der Waals surface area (Å²) in [5.41, 5.74) is 2.05.